The molecule has 0 amide bonds. The fourth-order valence-corrected chi connectivity index (χ4v) is 2.59. The van der Waals surface area contributed by atoms with Crippen molar-refractivity contribution in [1.29, 1.82) is 0 Å². The predicted molar refractivity (Wildman–Crippen MR) is 81.7 cm³/mol. The minimum atomic E-state index is 0.345. The second kappa shape index (κ2) is 7.04. The van der Waals surface area contributed by atoms with Crippen LogP contribution in [0.5, 0.6) is 5.75 Å². The molecule has 0 bridgehead atoms. The molecule has 4 nitrogen and oxygen atoms in total. The van der Waals surface area contributed by atoms with Crippen molar-refractivity contribution in [3.63, 3.8) is 0 Å². The minimum absolute atomic E-state index is 0.345. The van der Waals surface area contributed by atoms with Gasteiger partial charge in [-0.15, -0.1) is 11.8 Å². The van der Waals surface area contributed by atoms with Gasteiger partial charge in [0.05, 0.1) is 25.4 Å². The van der Waals surface area contributed by atoms with E-state index < -0.39 is 0 Å². The van der Waals surface area contributed by atoms with E-state index in [0.29, 0.717) is 6.54 Å². The van der Waals surface area contributed by atoms with Gasteiger partial charge in [0.25, 0.3) is 0 Å². The van der Waals surface area contributed by atoms with E-state index in [1.165, 1.54) is 5.56 Å². The molecule has 2 N–H and O–H groups in total. The number of aromatic nitrogens is 2. The number of hydrogen-bond acceptors (Lipinski definition) is 4. The van der Waals surface area contributed by atoms with Crippen LogP contribution >= 0.6 is 11.8 Å². The summed E-state index contributed by atoms with van der Waals surface area (Å²) in [6, 6.07) is 6.04. The van der Waals surface area contributed by atoms with E-state index in [4.69, 9.17) is 10.5 Å². The fourth-order valence-electron chi connectivity index (χ4n) is 1.73. The highest BCUT2D eigenvalue weighted by Crippen LogP contribution is 2.25. The van der Waals surface area contributed by atoms with Crippen molar-refractivity contribution in [2.45, 2.75) is 10.6 Å². The molecular weight excluding hydrogens is 270 g/mol. The third kappa shape index (κ3) is 3.80. The van der Waals surface area contributed by atoms with Gasteiger partial charge in [0.1, 0.15) is 5.75 Å². The summed E-state index contributed by atoms with van der Waals surface area (Å²) in [4.78, 5) is 1.15. The van der Waals surface area contributed by atoms with Crippen LogP contribution in [-0.2, 0) is 12.8 Å². The molecule has 0 unspecified atom stereocenters. The molecule has 20 heavy (non-hydrogen) atoms. The van der Waals surface area contributed by atoms with Gasteiger partial charge < -0.3 is 10.5 Å². The molecule has 0 spiro atoms. The SMILES string of the molecule is COc1ccc(CSc2cnn(C)c2)cc1C#CCN. The number of methoxy groups -OCH3 is 1. The third-order valence-corrected chi connectivity index (χ3v) is 3.70. The van der Waals surface area contributed by atoms with Crippen molar-refractivity contribution >= 4 is 11.8 Å². The van der Waals surface area contributed by atoms with Gasteiger partial charge in [-0.05, 0) is 17.7 Å². The molecule has 5 heteroatoms. The maximum Gasteiger partial charge on any atom is 0.134 e. The number of ether oxygens (including phenoxy) is 1. The van der Waals surface area contributed by atoms with Crippen molar-refractivity contribution in [3.05, 3.63) is 41.7 Å². The minimum Gasteiger partial charge on any atom is -0.495 e. The average molecular weight is 287 g/mol. The molecule has 0 aliphatic rings. The summed E-state index contributed by atoms with van der Waals surface area (Å²) in [7, 11) is 3.56. The molecule has 0 saturated carbocycles. The molecule has 2 aromatic rings. The van der Waals surface area contributed by atoms with E-state index in [2.05, 4.69) is 23.0 Å². The largest absolute Gasteiger partial charge is 0.495 e. The zero-order valence-corrected chi connectivity index (χ0v) is 12.4. The molecular formula is C15H17N3OS. The second-order valence-corrected chi connectivity index (χ2v) is 5.23. The molecule has 2 rings (SSSR count). The van der Waals surface area contributed by atoms with Crippen LogP contribution in [0.25, 0.3) is 0 Å². The van der Waals surface area contributed by atoms with Crippen LogP contribution in [0.2, 0.25) is 0 Å². The highest BCUT2D eigenvalue weighted by atomic mass is 32.2. The van der Waals surface area contributed by atoms with E-state index in [0.717, 1.165) is 22.0 Å². The number of hydrogen-bond donors (Lipinski definition) is 1. The Morgan fingerprint density at radius 2 is 2.30 bits per heavy atom. The Bertz CT molecular complexity index is 640. The molecule has 0 fully saturated rings. The molecule has 104 valence electrons. The summed E-state index contributed by atoms with van der Waals surface area (Å²) in [6.07, 6.45) is 3.87. The van der Waals surface area contributed by atoms with Gasteiger partial charge in [-0.25, -0.2) is 0 Å². The quantitative estimate of drug-likeness (QED) is 0.690. The van der Waals surface area contributed by atoms with Crippen LogP contribution in [0, 0.1) is 11.8 Å². The number of rotatable bonds is 4. The predicted octanol–water partition coefficient (Wildman–Crippen LogP) is 2.03. The molecule has 0 aliphatic heterocycles. The average Bonchev–Trinajstić information content (AvgIpc) is 2.88. The van der Waals surface area contributed by atoms with E-state index in [9.17, 15) is 0 Å². The molecule has 1 aromatic carbocycles. The van der Waals surface area contributed by atoms with E-state index in [1.54, 1.807) is 23.6 Å². The van der Waals surface area contributed by atoms with Gasteiger partial charge in [0.15, 0.2) is 0 Å². The Morgan fingerprint density at radius 3 is 2.95 bits per heavy atom. The molecule has 0 saturated heterocycles. The first-order chi connectivity index (χ1) is 9.72. The van der Waals surface area contributed by atoms with Crippen LogP contribution < -0.4 is 10.5 Å². The van der Waals surface area contributed by atoms with Gasteiger partial charge in [-0.2, -0.15) is 5.10 Å². The van der Waals surface area contributed by atoms with E-state index in [1.807, 2.05) is 31.6 Å². The van der Waals surface area contributed by atoms with E-state index >= 15 is 0 Å². The van der Waals surface area contributed by atoms with E-state index in [-0.39, 0.29) is 0 Å². The summed E-state index contributed by atoms with van der Waals surface area (Å²) >= 11 is 1.74. The van der Waals surface area contributed by atoms with Crippen molar-refractivity contribution in [2.24, 2.45) is 12.8 Å². The first kappa shape index (κ1) is 14.5. The number of aryl methyl sites for hydroxylation is 1. The summed E-state index contributed by atoms with van der Waals surface area (Å²) in [5.41, 5.74) is 7.49. The van der Waals surface area contributed by atoms with Crippen molar-refractivity contribution < 1.29 is 4.74 Å². The van der Waals surface area contributed by atoms with Gasteiger partial charge in [-0.1, -0.05) is 17.9 Å². The Morgan fingerprint density at radius 1 is 1.45 bits per heavy atom. The standard InChI is InChI=1S/C15H17N3OS/c1-18-10-14(9-17-18)20-11-12-5-6-15(19-2)13(8-12)4-3-7-16/h5-6,8-10H,7,11,16H2,1-2H3. The van der Waals surface area contributed by atoms with Gasteiger partial charge >= 0.3 is 0 Å². The van der Waals surface area contributed by atoms with Crippen molar-refractivity contribution in [3.8, 4) is 17.6 Å². The highest BCUT2D eigenvalue weighted by molar-refractivity contribution is 7.98. The monoisotopic (exact) mass is 287 g/mol. The first-order valence-corrected chi connectivity index (χ1v) is 7.19. The lowest BCUT2D eigenvalue weighted by Gasteiger charge is -2.06. The molecule has 0 atom stereocenters. The maximum absolute atomic E-state index is 5.42. The lowest BCUT2D eigenvalue weighted by molar-refractivity contribution is 0.413. The number of nitrogens with two attached hydrogens (primary N) is 1. The lowest BCUT2D eigenvalue weighted by atomic mass is 10.1. The van der Waals surface area contributed by atoms with Crippen molar-refractivity contribution in [2.75, 3.05) is 13.7 Å². The number of nitrogens with zero attached hydrogens (tertiary/aromatic N) is 2. The first-order valence-electron chi connectivity index (χ1n) is 6.20. The summed E-state index contributed by atoms with van der Waals surface area (Å²) in [5, 5.41) is 4.15. The Labute approximate surface area is 123 Å². The molecule has 1 aromatic heterocycles. The van der Waals surface area contributed by atoms with Crippen LogP contribution in [-0.4, -0.2) is 23.4 Å². The van der Waals surface area contributed by atoms with Crippen molar-refractivity contribution in [1.82, 2.24) is 9.78 Å². The normalized spacial score (nSPS) is 9.95. The fraction of sp³-hybridized carbons (Fsp3) is 0.267. The Hall–Kier alpha value is -1.90. The van der Waals surface area contributed by atoms with Gasteiger partial charge in [-0.3, -0.25) is 4.68 Å². The zero-order valence-electron chi connectivity index (χ0n) is 11.6. The van der Waals surface area contributed by atoms with Gasteiger partial charge in [0.2, 0.25) is 0 Å². The number of benzene rings is 1. The number of thioether (sulfide) groups is 1. The molecule has 0 radical (unpaired) electrons. The maximum atomic E-state index is 5.42. The van der Waals surface area contributed by atoms with Crippen LogP contribution in [0.3, 0.4) is 0 Å². The zero-order chi connectivity index (χ0) is 14.4. The molecule has 0 aliphatic carbocycles. The smallest absolute Gasteiger partial charge is 0.134 e. The van der Waals surface area contributed by atoms with Gasteiger partial charge in [0, 0.05) is 23.9 Å². The Balaban J connectivity index is 2.12. The summed E-state index contributed by atoms with van der Waals surface area (Å²) in [6.45, 7) is 0.345. The summed E-state index contributed by atoms with van der Waals surface area (Å²) < 4.78 is 7.10. The van der Waals surface area contributed by atoms with Crippen LogP contribution in [0.1, 0.15) is 11.1 Å². The molecule has 1 heterocycles. The highest BCUT2D eigenvalue weighted by Gasteiger charge is 2.04. The lowest BCUT2D eigenvalue weighted by Crippen LogP contribution is -1.94. The third-order valence-electron chi connectivity index (χ3n) is 2.68. The summed E-state index contributed by atoms with van der Waals surface area (Å²) in [5.74, 6) is 7.55. The topological polar surface area (TPSA) is 53.1 Å². The van der Waals surface area contributed by atoms with Crippen LogP contribution in [0.4, 0.5) is 0 Å². The second-order valence-electron chi connectivity index (χ2n) is 4.18. The van der Waals surface area contributed by atoms with Crippen LogP contribution in [0.15, 0.2) is 35.5 Å². The Kier molecular flexibility index (Phi) is 5.10.